The molecule has 0 aliphatic heterocycles. The van der Waals surface area contributed by atoms with E-state index < -0.39 is 0 Å². The number of aryl methyl sites for hydroxylation is 1. The molecule has 1 aliphatic rings. The summed E-state index contributed by atoms with van der Waals surface area (Å²) in [6, 6.07) is 9.91. The van der Waals surface area contributed by atoms with Gasteiger partial charge in [-0.1, -0.05) is 50.5 Å². The van der Waals surface area contributed by atoms with Crippen LogP contribution in [0.25, 0.3) is 10.2 Å². The molecule has 1 aromatic carbocycles. The van der Waals surface area contributed by atoms with Crippen molar-refractivity contribution >= 4 is 33.1 Å². The average Bonchev–Trinajstić information content (AvgIpc) is 3.29. The van der Waals surface area contributed by atoms with E-state index in [9.17, 15) is 9.59 Å². The fourth-order valence-corrected chi connectivity index (χ4v) is 5.24. The van der Waals surface area contributed by atoms with Crippen LogP contribution in [-0.2, 0) is 6.42 Å². The van der Waals surface area contributed by atoms with Crippen molar-refractivity contribution in [1.82, 2.24) is 9.78 Å². The van der Waals surface area contributed by atoms with E-state index in [-0.39, 0.29) is 11.6 Å². The molecule has 0 spiro atoms. The van der Waals surface area contributed by atoms with Crippen molar-refractivity contribution < 1.29 is 9.59 Å². The lowest BCUT2D eigenvalue weighted by atomic mass is 9.96. The maximum absolute atomic E-state index is 12.9. The van der Waals surface area contributed by atoms with Crippen LogP contribution >= 0.6 is 11.3 Å². The number of hydrogen-bond donors (Lipinski definition) is 0. The maximum atomic E-state index is 12.9. The third kappa shape index (κ3) is 3.68. The lowest BCUT2D eigenvalue weighted by molar-refractivity contribution is 0.0985. The van der Waals surface area contributed by atoms with Gasteiger partial charge in [-0.3, -0.25) is 14.3 Å². The first kappa shape index (κ1) is 19.1. The molecule has 1 saturated carbocycles. The highest BCUT2D eigenvalue weighted by atomic mass is 32.1. The molecule has 4 rings (SSSR count). The van der Waals surface area contributed by atoms with Crippen LogP contribution < -0.4 is 0 Å². The van der Waals surface area contributed by atoms with E-state index in [4.69, 9.17) is 5.10 Å². The summed E-state index contributed by atoms with van der Waals surface area (Å²) < 4.78 is 2.18. The van der Waals surface area contributed by atoms with Crippen LogP contribution in [-0.4, -0.2) is 21.3 Å². The molecule has 0 unspecified atom stereocenters. The first-order valence-corrected chi connectivity index (χ1v) is 11.0. The standard InChI is InChI=1S/C23H26N2O2S/c1-3-20(26)17-11-9-16(10-12-17)13-21(27)22-14-19-15(2)24-25(23(19)28-22)18-7-5-4-6-8-18/h9-12,14,18H,3-8,13H2,1-2H3. The highest BCUT2D eigenvalue weighted by Gasteiger charge is 2.22. The molecule has 0 N–H and O–H groups in total. The number of ketones is 2. The number of rotatable bonds is 6. The molecule has 146 valence electrons. The number of nitrogens with zero attached hydrogens (tertiary/aromatic N) is 2. The Kier molecular flexibility index (Phi) is 5.44. The molecule has 3 aromatic rings. The van der Waals surface area contributed by atoms with Gasteiger partial charge in [0, 0.05) is 23.8 Å². The van der Waals surface area contributed by atoms with Crippen molar-refractivity contribution in [3.8, 4) is 0 Å². The van der Waals surface area contributed by atoms with Crippen LogP contribution in [0.4, 0.5) is 0 Å². The zero-order chi connectivity index (χ0) is 19.7. The molecule has 0 saturated heterocycles. The van der Waals surface area contributed by atoms with E-state index in [1.807, 2.05) is 44.2 Å². The lowest BCUT2D eigenvalue weighted by Gasteiger charge is -2.22. The predicted octanol–water partition coefficient (Wildman–Crippen LogP) is 5.93. The van der Waals surface area contributed by atoms with Crippen LogP contribution in [0.1, 0.15) is 82.8 Å². The highest BCUT2D eigenvalue weighted by Crippen LogP contribution is 2.35. The molecule has 0 bridgehead atoms. The van der Waals surface area contributed by atoms with Gasteiger partial charge >= 0.3 is 0 Å². The van der Waals surface area contributed by atoms with E-state index in [0.29, 0.717) is 24.4 Å². The third-order valence-corrected chi connectivity index (χ3v) is 6.89. The van der Waals surface area contributed by atoms with Crippen LogP contribution in [0.5, 0.6) is 0 Å². The van der Waals surface area contributed by atoms with Gasteiger partial charge in [-0.05, 0) is 31.4 Å². The van der Waals surface area contributed by atoms with Gasteiger partial charge in [0.25, 0.3) is 0 Å². The zero-order valence-corrected chi connectivity index (χ0v) is 17.3. The normalized spacial score (nSPS) is 15.2. The summed E-state index contributed by atoms with van der Waals surface area (Å²) in [6.45, 7) is 3.89. The van der Waals surface area contributed by atoms with Crippen molar-refractivity contribution in [3.63, 3.8) is 0 Å². The summed E-state index contributed by atoms with van der Waals surface area (Å²) >= 11 is 1.57. The minimum atomic E-state index is 0.130. The second-order valence-electron chi connectivity index (χ2n) is 7.72. The smallest absolute Gasteiger partial charge is 0.177 e. The minimum absolute atomic E-state index is 0.130. The SMILES string of the molecule is CCC(=O)c1ccc(CC(=O)c2cc3c(C)nn(C4CCCCC4)c3s2)cc1. The number of fused-ring (bicyclic) bond motifs is 1. The summed E-state index contributed by atoms with van der Waals surface area (Å²) in [7, 11) is 0. The predicted molar refractivity (Wildman–Crippen MR) is 114 cm³/mol. The molecular formula is C23H26N2O2S. The summed E-state index contributed by atoms with van der Waals surface area (Å²) in [4.78, 5) is 26.6. The second-order valence-corrected chi connectivity index (χ2v) is 8.76. The van der Waals surface area contributed by atoms with Crippen LogP contribution in [0.2, 0.25) is 0 Å². The van der Waals surface area contributed by atoms with Gasteiger partial charge in [0.1, 0.15) is 4.83 Å². The van der Waals surface area contributed by atoms with Crippen LogP contribution in [0.15, 0.2) is 30.3 Å². The Morgan fingerprint density at radius 1 is 1.11 bits per heavy atom. The molecule has 2 aromatic heterocycles. The zero-order valence-electron chi connectivity index (χ0n) is 16.5. The Labute approximate surface area is 169 Å². The maximum Gasteiger partial charge on any atom is 0.177 e. The molecular weight excluding hydrogens is 368 g/mol. The third-order valence-electron chi connectivity index (χ3n) is 5.73. The summed E-state index contributed by atoms with van der Waals surface area (Å²) in [5.41, 5.74) is 2.67. The van der Waals surface area contributed by atoms with Gasteiger partial charge in [-0.15, -0.1) is 11.3 Å². The molecule has 0 radical (unpaired) electrons. The Morgan fingerprint density at radius 2 is 1.82 bits per heavy atom. The Balaban J connectivity index is 1.55. The number of carbonyl (C=O) groups is 2. The summed E-state index contributed by atoms with van der Waals surface area (Å²) in [5, 5.41) is 5.89. The average molecular weight is 395 g/mol. The van der Waals surface area contributed by atoms with Gasteiger partial charge in [0.2, 0.25) is 0 Å². The monoisotopic (exact) mass is 394 g/mol. The molecule has 2 heterocycles. The topological polar surface area (TPSA) is 52.0 Å². The molecule has 1 fully saturated rings. The number of carbonyl (C=O) groups excluding carboxylic acids is 2. The van der Waals surface area contributed by atoms with E-state index >= 15 is 0 Å². The second kappa shape index (κ2) is 8.00. The quantitative estimate of drug-likeness (QED) is 0.487. The van der Waals surface area contributed by atoms with E-state index in [0.717, 1.165) is 26.4 Å². The van der Waals surface area contributed by atoms with E-state index in [1.165, 1.54) is 32.1 Å². The number of Topliss-reactive ketones (excluding diaryl/α,β-unsaturated/α-hetero) is 2. The van der Waals surface area contributed by atoms with Gasteiger partial charge in [0.05, 0.1) is 16.6 Å². The van der Waals surface area contributed by atoms with Crippen molar-refractivity contribution in [2.45, 2.75) is 64.8 Å². The number of aromatic nitrogens is 2. The van der Waals surface area contributed by atoms with Crippen molar-refractivity contribution in [1.29, 1.82) is 0 Å². The lowest BCUT2D eigenvalue weighted by Crippen LogP contribution is -2.13. The first-order chi connectivity index (χ1) is 13.6. The molecule has 4 nitrogen and oxygen atoms in total. The van der Waals surface area contributed by atoms with Gasteiger partial charge in [-0.25, -0.2) is 0 Å². The molecule has 5 heteroatoms. The van der Waals surface area contributed by atoms with E-state index in [1.54, 1.807) is 11.3 Å². The Morgan fingerprint density at radius 3 is 2.50 bits per heavy atom. The van der Waals surface area contributed by atoms with Crippen molar-refractivity contribution in [2.75, 3.05) is 0 Å². The molecule has 28 heavy (non-hydrogen) atoms. The van der Waals surface area contributed by atoms with Crippen molar-refractivity contribution in [2.24, 2.45) is 0 Å². The van der Waals surface area contributed by atoms with Gasteiger partial charge < -0.3 is 0 Å². The Hall–Kier alpha value is -2.27. The first-order valence-electron chi connectivity index (χ1n) is 10.2. The summed E-state index contributed by atoms with van der Waals surface area (Å²) in [6.07, 6.45) is 7.06. The summed E-state index contributed by atoms with van der Waals surface area (Å²) in [5.74, 6) is 0.260. The highest BCUT2D eigenvalue weighted by molar-refractivity contribution is 7.20. The largest absolute Gasteiger partial charge is 0.294 e. The van der Waals surface area contributed by atoms with Gasteiger partial charge in [-0.2, -0.15) is 5.10 Å². The fourth-order valence-electron chi connectivity index (χ4n) is 4.07. The molecule has 0 atom stereocenters. The van der Waals surface area contributed by atoms with Crippen LogP contribution in [0, 0.1) is 6.92 Å². The molecule has 1 aliphatic carbocycles. The van der Waals surface area contributed by atoms with E-state index in [2.05, 4.69) is 4.68 Å². The van der Waals surface area contributed by atoms with Gasteiger partial charge in [0.15, 0.2) is 11.6 Å². The fraction of sp³-hybridized carbons (Fsp3) is 0.435. The van der Waals surface area contributed by atoms with Crippen LogP contribution in [0.3, 0.4) is 0 Å². The Bertz CT molecular complexity index is 1010. The number of hydrogen-bond acceptors (Lipinski definition) is 4. The number of thiophene rings is 1. The van der Waals surface area contributed by atoms with Crippen molar-refractivity contribution in [3.05, 3.63) is 52.0 Å². The number of benzene rings is 1. The molecule has 0 amide bonds. The minimum Gasteiger partial charge on any atom is -0.294 e.